The Labute approximate surface area is 126 Å². The fraction of sp³-hybridized carbons (Fsp3) is 0.0625. The average Bonchev–Trinajstić information content (AvgIpc) is 3.20. The largest absolute Gasteiger partial charge is 0.356 e. The van der Waals surface area contributed by atoms with Crippen molar-refractivity contribution < 1.29 is 9.59 Å². The third-order valence-corrected chi connectivity index (χ3v) is 3.26. The first-order chi connectivity index (χ1) is 10.6. The number of Topliss-reactive ketones (excluding diaryl/α,β-unsaturated/α-hetero) is 1. The lowest BCUT2D eigenvalue weighted by Crippen LogP contribution is -2.12. The monoisotopic (exact) mass is 294 g/mol. The molecular formula is C16H14N4O2. The van der Waals surface area contributed by atoms with E-state index in [1.807, 2.05) is 35.0 Å². The van der Waals surface area contributed by atoms with Crippen molar-refractivity contribution >= 4 is 17.4 Å². The number of carbonyl (C=O) groups is 2. The zero-order valence-electron chi connectivity index (χ0n) is 11.9. The number of rotatable bonds is 4. The molecule has 2 N–H and O–H groups in total. The second-order valence-corrected chi connectivity index (χ2v) is 4.83. The van der Waals surface area contributed by atoms with Gasteiger partial charge in [-0.25, -0.2) is 4.98 Å². The standard InChI is InChI=1S/C16H14N4O2/c1-11(21)12-8-15(18-9-12)16(22)19-13-2-4-14(5-3-13)20-7-6-17-10-20/h2-10,18H,1H3,(H,19,22). The lowest BCUT2D eigenvalue weighted by molar-refractivity contribution is 0.101. The maximum atomic E-state index is 12.1. The van der Waals surface area contributed by atoms with Crippen LogP contribution in [0.3, 0.4) is 0 Å². The van der Waals surface area contributed by atoms with E-state index in [2.05, 4.69) is 15.3 Å². The maximum absolute atomic E-state index is 12.1. The molecule has 0 bridgehead atoms. The molecule has 110 valence electrons. The van der Waals surface area contributed by atoms with Gasteiger partial charge in [0.15, 0.2) is 5.78 Å². The molecule has 6 heteroatoms. The fourth-order valence-electron chi connectivity index (χ4n) is 2.06. The van der Waals surface area contributed by atoms with E-state index in [9.17, 15) is 9.59 Å². The van der Waals surface area contributed by atoms with Crippen LogP contribution in [0.4, 0.5) is 5.69 Å². The van der Waals surface area contributed by atoms with Crippen LogP contribution in [0.5, 0.6) is 0 Å². The number of anilines is 1. The normalized spacial score (nSPS) is 10.4. The minimum atomic E-state index is -0.289. The van der Waals surface area contributed by atoms with E-state index in [0.29, 0.717) is 16.9 Å². The Morgan fingerprint density at radius 3 is 2.59 bits per heavy atom. The number of nitrogens with zero attached hydrogens (tertiary/aromatic N) is 2. The van der Waals surface area contributed by atoms with Gasteiger partial charge in [0.1, 0.15) is 5.69 Å². The van der Waals surface area contributed by atoms with Gasteiger partial charge in [-0.05, 0) is 37.3 Å². The summed E-state index contributed by atoms with van der Waals surface area (Å²) in [5.41, 5.74) is 2.46. The van der Waals surface area contributed by atoms with Gasteiger partial charge in [0.05, 0.1) is 6.33 Å². The van der Waals surface area contributed by atoms with Crippen LogP contribution in [-0.2, 0) is 0 Å². The van der Waals surface area contributed by atoms with Crippen LogP contribution >= 0.6 is 0 Å². The van der Waals surface area contributed by atoms with Crippen LogP contribution in [0.15, 0.2) is 55.2 Å². The molecule has 1 amide bonds. The van der Waals surface area contributed by atoms with Crippen molar-refractivity contribution in [2.24, 2.45) is 0 Å². The van der Waals surface area contributed by atoms with E-state index < -0.39 is 0 Å². The predicted octanol–water partition coefficient (Wildman–Crippen LogP) is 2.66. The highest BCUT2D eigenvalue weighted by atomic mass is 16.2. The molecule has 0 aliphatic carbocycles. The molecule has 0 saturated heterocycles. The van der Waals surface area contributed by atoms with Crippen molar-refractivity contribution in [1.82, 2.24) is 14.5 Å². The molecule has 0 radical (unpaired) electrons. The molecule has 0 spiro atoms. The van der Waals surface area contributed by atoms with Gasteiger partial charge in [-0.15, -0.1) is 0 Å². The Balaban J connectivity index is 1.72. The lowest BCUT2D eigenvalue weighted by Gasteiger charge is -2.06. The van der Waals surface area contributed by atoms with Crippen LogP contribution in [-0.4, -0.2) is 26.2 Å². The van der Waals surface area contributed by atoms with Gasteiger partial charge in [0.2, 0.25) is 0 Å². The van der Waals surface area contributed by atoms with E-state index in [1.54, 1.807) is 12.5 Å². The number of carbonyl (C=O) groups excluding carboxylic acids is 2. The van der Waals surface area contributed by atoms with Crippen LogP contribution in [0, 0.1) is 0 Å². The molecule has 0 aliphatic rings. The summed E-state index contributed by atoms with van der Waals surface area (Å²) in [6.07, 6.45) is 6.78. The van der Waals surface area contributed by atoms with Crippen molar-refractivity contribution in [2.75, 3.05) is 5.32 Å². The number of aromatic amines is 1. The van der Waals surface area contributed by atoms with Gasteiger partial charge in [-0.1, -0.05) is 0 Å². The van der Waals surface area contributed by atoms with Crippen molar-refractivity contribution in [3.05, 3.63) is 66.5 Å². The molecule has 0 unspecified atom stereocenters. The molecule has 0 saturated carbocycles. The Kier molecular flexibility index (Phi) is 3.57. The molecule has 1 aromatic carbocycles. The zero-order chi connectivity index (χ0) is 15.5. The highest BCUT2D eigenvalue weighted by molar-refractivity contribution is 6.05. The number of imidazole rings is 1. The summed E-state index contributed by atoms with van der Waals surface area (Å²) in [6, 6.07) is 8.92. The molecule has 0 aliphatic heterocycles. The molecule has 2 aromatic heterocycles. The van der Waals surface area contributed by atoms with E-state index in [0.717, 1.165) is 5.69 Å². The van der Waals surface area contributed by atoms with Crippen LogP contribution in [0.25, 0.3) is 5.69 Å². The van der Waals surface area contributed by atoms with Crippen molar-refractivity contribution in [3.63, 3.8) is 0 Å². The predicted molar refractivity (Wildman–Crippen MR) is 82.3 cm³/mol. The van der Waals surface area contributed by atoms with Gasteiger partial charge in [0, 0.05) is 35.5 Å². The number of ketones is 1. The van der Waals surface area contributed by atoms with E-state index in [1.165, 1.54) is 19.2 Å². The molecule has 22 heavy (non-hydrogen) atoms. The molecule has 3 rings (SSSR count). The molecule has 6 nitrogen and oxygen atoms in total. The van der Waals surface area contributed by atoms with E-state index >= 15 is 0 Å². The highest BCUT2D eigenvalue weighted by Crippen LogP contribution is 2.14. The zero-order valence-corrected chi connectivity index (χ0v) is 11.9. The number of nitrogens with one attached hydrogen (secondary N) is 2. The summed E-state index contributed by atoms with van der Waals surface area (Å²) in [5.74, 6) is -0.372. The summed E-state index contributed by atoms with van der Waals surface area (Å²) in [5, 5.41) is 2.78. The number of hydrogen-bond acceptors (Lipinski definition) is 3. The van der Waals surface area contributed by atoms with Crippen LogP contribution in [0.2, 0.25) is 0 Å². The second kappa shape index (κ2) is 5.69. The highest BCUT2D eigenvalue weighted by Gasteiger charge is 2.10. The Bertz CT molecular complexity index is 801. The minimum Gasteiger partial charge on any atom is -0.356 e. The summed E-state index contributed by atoms with van der Waals surface area (Å²) in [4.78, 5) is 30.1. The summed E-state index contributed by atoms with van der Waals surface area (Å²) < 4.78 is 1.87. The molecule has 3 aromatic rings. The van der Waals surface area contributed by atoms with E-state index in [4.69, 9.17) is 0 Å². The van der Waals surface area contributed by atoms with Crippen molar-refractivity contribution in [1.29, 1.82) is 0 Å². The fourth-order valence-corrected chi connectivity index (χ4v) is 2.06. The first kappa shape index (κ1) is 13.8. The molecule has 0 atom stereocenters. The Morgan fingerprint density at radius 2 is 2.00 bits per heavy atom. The Morgan fingerprint density at radius 1 is 1.23 bits per heavy atom. The average molecular weight is 294 g/mol. The third-order valence-electron chi connectivity index (χ3n) is 3.26. The van der Waals surface area contributed by atoms with Gasteiger partial charge >= 0.3 is 0 Å². The number of hydrogen-bond donors (Lipinski definition) is 2. The Hall–Kier alpha value is -3.15. The first-order valence-corrected chi connectivity index (χ1v) is 6.72. The number of amides is 1. The van der Waals surface area contributed by atoms with Crippen LogP contribution < -0.4 is 5.32 Å². The number of H-pyrrole nitrogens is 1. The van der Waals surface area contributed by atoms with E-state index in [-0.39, 0.29) is 11.7 Å². The summed E-state index contributed by atoms with van der Waals surface area (Å²) in [6.45, 7) is 1.46. The quantitative estimate of drug-likeness (QED) is 0.726. The molecule has 0 fully saturated rings. The smallest absolute Gasteiger partial charge is 0.272 e. The van der Waals surface area contributed by atoms with Crippen molar-refractivity contribution in [3.8, 4) is 5.69 Å². The first-order valence-electron chi connectivity index (χ1n) is 6.72. The van der Waals surface area contributed by atoms with Gasteiger partial charge in [-0.3, -0.25) is 9.59 Å². The number of aromatic nitrogens is 3. The summed E-state index contributed by atoms with van der Waals surface area (Å²) >= 11 is 0. The topological polar surface area (TPSA) is 79.8 Å². The third kappa shape index (κ3) is 2.80. The molecular weight excluding hydrogens is 280 g/mol. The lowest BCUT2D eigenvalue weighted by atomic mass is 10.2. The van der Waals surface area contributed by atoms with Crippen molar-refractivity contribution in [2.45, 2.75) is 6.92 Å². The number of benzene rings is 1. The van der Waals surface area contributed by atoms with Gasteiger partial charge in [0.25, 0.3) is 5.91 Å². The van der Waals surface area contributed by atoms with Crippen LogP contribution in [0.1, 0.15) is 27.8 Å². The summed E-state index contributed by atoms with van der Waals surface area (Å²) in [7, 11) is 0. The maximum Gasteiger partial charge on any atom is 0.272 e. The minimum absolute atomic E-state index is 0.0833. The van der Waals surface area contributed by atoms with Gasteiger partial charge < -0.3 is 14.9 Å². The molecule has 2 heterocycles. The SMILES string of the molecule is CC(=O)c1c[nH]c(C(=O)Nc2ccc(-n3ccnc3)cc2)c1. The van der Waals surface area contributed by atoms with Gasteiger partial charge in [-0.2, -0.15) is 0 Å². The second-order valence-electron chi connectivity index (χ2n) is 4.83.